The smallest absolute Gasteiger partial charge is 0.484 e. The predicted molar refractivity (Wildman–Crippen MR) is 103 cm³/mol. The number of rotatable bonds is 5. The van der Waals surface area contributed by atoms with Gasteiger partial charge in [-0.1, -0.05) is 12.1 Å². The van der Waals surface area contributed by atoms with E-state index < -0.39 is 29.4 Å². The third-order valence-corrected chi connectivity index (χ3v) is 2.95. The van der Waals surface area contributed by atoms with E-state index in [4.69, 9.17) is 24.9 Å². The van der Waals surface area contributed by atoms with Crippen LogP contribution in [0.3, 0.4) is 0 Å². The number of hydrogen-bond donors (Lipinski definition) is 2. The van der Waals surface area contributed by atoms with Crippen molar-refractivity contribution in [3.05, 3.63) is 29.8 Å². The summed E-state index contributed by atoms with van der Waals surface area (Å²) in [6.45, 7) is 9.79. The number of ether oxygens (including phenoxy) is 3. The van der Waals surface area contributed by atoms with E-state index in [0.29, 0.717) is 11.3 Å². The van der Waals surface area contributed by atoms with Crippen molar-refractivity contribution in [2.75, 3.05) is 6.61 Å². The molecule has 0 aromatic heterocycles. The van der Waals surface area contributed by atoms with Crippen LogP contribution in [0.15, 0.2) is 24.3 Å². The summed E-state index contributed by atoms with van der Waals surface area (Å²) in [5, 5.41) is 0.775. The van der Waals surface area contributed by atoms with Gasteiger partial charge < -0.3 is 14.2 Å². The highest BCUT2D eigenvalue weighted by molar-refractivity contribution is 5.76. The standard InChI is InChI=1S/C19H29N3O7/c1-18(2,3)27-16(24)22(29-17(25)28-19(4,5)6)11-13-7-9-14(10-8-13)26-12-15(23)21-20/h7-10H,11-12,20H2,1-6H3,(H,21,23). The minimum absolute atomic E-state index is 0.0856. The number of nitrogens with two attached hydrogens (primary N) is 1. The highest BCUT2D eigenvalue weighted by Crippen LogP contribution is 2.18. The number of benzene rings is 1. The monoisotopic (exact) mass is 411 g/mol. The molecule has 0 aliphatic rings. The zero-order chi connectivity index (χ0) is 22.2. The Bertz CT molecular complexity index is 706. The van der Waals surface area contributed by atoms with Gasteiger partial charge in [0.05, 0.1) is 6.54 Å². The van der Waals surface area contributed by atoms with Crippen LogP contribution in [0.4, 0.5) is 9.59 Å². The molecule has 0 aliphatic heterocycles. The molecule has 1 aromatic rings. The van der Waals surface area contributed by atoms with Crippen LogP contribution >= 0.6 is 0 Å². The Kier molecular flexibility index (Phi) is 8.26. The van der Waals surface area contributed by atoms with Crippen molar-refractivity contribution >= 4 is 18.2 Å². The lowest BCUT2D eigenvalue weighted by atomic mass is 10.2. The van der Waals surface area contributed by atoms with Gasteiger partial charge in [-0.3, -0.25) is 15.1 Å². The number of hydrazine groups is 1. The molecule has 0 bridgehead atoms. The molecule has 0 atom stereocenters. The van der Waals surface area contributed by atoms with Crippen LogP contribution in [0.5, 0.6) is 5.75 Å². The van der Waals surface area contributed by atoms with Crippen molar-refractivity contribution in [2.45, 2.75) is 59.3 Å². The Morgan fingerprint density at radius 3 is 2.00 bits per heavy atom. The molecule has 162 valence electrons. The lowest BCUT2D eigenvalue weighted by Crippen LogP contribution is -2.39. The molecular formula is C19H29N3O7. The molecule has 0 spiro atoms. The summed E-state index contributed by atoms with van der Waals surface area (Å²) >= 11 is 0. The van der Waals surface area contributed by atoms with E-state index in [1.807, 2.05) is 5.43 Å². The molecule has 1 aromatic carbocycles. The van der Waals surface area contributed by atoms with E-state index in [1.54, 1.807) is 65.8 Å². The van der Waals surface area contributed by atoms with Crippen LogP contribution in [0, 0.1) is 0 Å². The van der Waals surface area contributed by atoms with E-state index in [2.05, 4.69) is 0 Å². The molecule has 0 saturated heterocycles. The summed E-state index contributed by atoms with van der Waals surface area (Å²) in [5.41, 5.74) is 1.01. The zero-order valence-corrected chi connectivity index (χ0v) is 17.6. The second-order valence-electron chi connectivity index (χ2n) is 8.07. The van der Waals surface area contributed by atoms with Gasteiger partial charge in [-0.2, -0.15) is 0 Å². The number of hydrogen-bond acceptors (Lipinski definition) is 8. The molecular weight excluding hydrogens is 382 g/mol. The largest absolute Gasteiger partial charge is 0.534 e. The van der Waals surface area contributed by atoms with Gasteiger partial charge in [-0.25, -0.2) is 15.4 Å². The van der Waals surface area contributed by atoms with Gasteiger partial charge in [0.25, 0.3) is 5.91 Å². The first-order valence-electron chi connectivity index (χ1n) is 8.92. The van der Waals surface area contributed by atoms with Crippen LogP contribution in [-0.4, -0.2) is 41.0 Å². The maximum atomic E-state index is 12.4. The van der Waals surface area contributed by atoms with Gasteiger partial charge >= 0.3 is 12.2 Å². The van der Waals surface area contributed by atoms with Crippen LogP contribution in [0.2, 0.25) is 0 Å². The summed E-state index contributed by atoms with van der Waals surface area (Å²) in [7, 11) is 0. The van der Waals surface area contributed by atoms with Crippen LogP contribution in [0.25, 0.3) is 0 Å². The van der Waals surface area contributed by atoms with Crippen molar-refractivity contribution in [3.63, 3.8) is 0 Å². The number of carbonyl (C=O) groups excluding carboxylic acids is 3. The Balaban J connectivity index is 2.86. The van der Waals surface area contributed by atoms with E-state index in [-0.39, 0.29) is 13.2 Å². The molecule has 10 nitrogen and oxygen atoms in total. The van der Waals surface area contributed by atoms with Crippen LogP contribution in [0.1, 0.15) is 47.1 Å². The second-order valence-corrected chi connectivity index (χ2v) is 8.07. The first-order chi connectivity index (χ1) is 13.3. The minimum atomic E-state index is -1.03. The maximum absolute atomic E-state index is 12.4. The van der Waals surface area contributed by atoms with Crippen molar-refractivity contribution in [1.29, 1.82) is 0 Å². The van der Waals surface area contributed by atoms with Gasteiger partial charge in [0.15, 0.2) is 6.61 Å². The van der Waals surface area contributed by atoms with Crippen molar-refractivity contribution in [1.82, 2.24) is 10.5 Å². The highest BCUT2D eigenvalue weighted by atomic mass is 16.8. The number of carbonyl (C=O) groups is 3. The number of nitrogens with one attached hydrogen (secondary N) is 1. The molecule has 1 rings (SSSR count). The Morgan fingerprint density at radius 1 is 0.966 bits per heavy atom. The van der Waals surface area contributed by atoms with E-state index in [1.165, 1.54) is 0 Å². The van der Waals surface area contributed by atoms with E-state index in [9.17, 15) is 14.4 Å². The predicted octanol–water partition coefficient (Wildman–Crippen LogP) is 2.66. The lowest BCUT2D eigenvalue weighted by Gasteiger charge is -2.27. The third kappa shape index (κ3) is 10.2. The molecule has 2 amide bonds. The lowest BCUT2D eigenvalue weighted by molar-refractivity contribution is -0.140. The minimum Gasteiger partial charge on any atom is -0.484 e. The zero-order valence-electron chi connectivity index (χ0n) is 17.6. The van der Waals surface area contributed by atoms with Gasteiger partial charge in [0.1, 0.15) is 17.0 Å². The molecule has 10 heteroatoms. The summed E-state index contributed by atoms with van der Waals surface area (Å²) < 4.78 is 15.6. The van der Waals surface area contributed by atoms with Gasteiger partial charge in [-0.05, 0) is 59.2 Å². The molecule has 0 aliphatic carbocycles. The van der Waals surface area contributed by atoms with Gasteiger partial charge in [0.2, 0.25) is 0 Å². The first-order valence-corrected chi connectivity index (χ1v) is 8.92. The fraction of sp³-hybridized carbons (Fsp3) is 0.526. The molecule has 3 N–H and O–H groups in total. The average molecular weight is 411 g/mol. The fourth-order valence-corrected chi connectivity index (χ4v) is 1.85. The quantitative estimate of drug-likeness (QED) is 0.327. The van der Waals surface area contributed by atoms with Crippen molar-refractivity contribution in [2.24, 2.45) is 5.84 Å². The second kappa shape index (κ2) is 9.97. The Labute approximate surface area is 170 Å². The SMILES string of the molecule is CC(C)(C)OC(=O)ON(Cc1ccc(OCC(=O)NN)cc1)C(=O)OC(C)(C)C. The van der Waals surface area contributed by atoms with Crippen molar-refractivity contribution < 1.29 is 33.4 Å². The highest BCUT2D eigenvalue weighted by Gasteiger charge is 2.28. The van der Waals surface area contributed by atoms with Gasteiger partial charge in [0, 0.05) is 0 Å². The van der Waals surface area contributed by atoms with E-state index in [0.717, 1.165) is 5.06 Å². The topological polar surface area (TPSA) is 129 Å². The summed E-state index contributed by atoms with van der Waals surface area (Å²) in [4.78, 5) is 40.6. The van der Waals surface area contributed by atoms with Crippen molar-refractivity contribution in [3.8, 4) is 5.75 Å². The third-order valence-electron chi connectivity index (χ3n) is 2.95. The molecule has 0 heterocycles. The normalized spacial score (nSPS) is 11.3. The van der Waals surface area contributed by atoms with Gasteiger partial charge in [-0.15, -0.1) is 5.06 Å². The molecule has 0 radical (unpaired) electrons. The Hall–Kier alpha value is -3.01. The maximum Gasteiger partial charge on any atom is 0.534 e. The summed E-state index contributed by atoms with van der Waals surface area (Å²) in [6.07, 6.45) is -1.88. The first kappa shape index (κ1) is 24.0. The molecule has 0 fully saturated rings. The van der Waals surface area contributed by atoms with Crippen LogP contribution in [-0.2, 0) is 25.7 Å². The Morgan fingerprint density at radius 2 is 1.52 bits per heavy atom. The number of nitrogens with zero attached hydrogens (tertiary/aromatic N) is 1. The summed E-state index contributed by atoms with van der Waals surface area (Å²) in [5.74, 6) is 4.93. The average Bonchev–Trinajstić information content (AvgIpc) is 2.57. The summed E-state index contributed by atoms with van der Waals surface area (Å²) in [6, 6.07) is 6.48. The fourth-order valence-electron chi connectivity index (χ4n) is 1.85. The molecule has 0 unspecified atom stereocenters. The van der Waals surface area contributed by atoms with E-state index >= 15 is 0 Å². The molecule has 0 saturated carbocycles. The number of amides is 2. The van der Waals surface area contributed by atoms with Crippen LogP contribution < -0.4 is 16.0 Å². The number of hydroxylamine groups is 2. The molecule has 29 heavy (non-hydrogen) atoms.